The fourth-order valence-corrected chi connectivity index (χ4v) is 2.86. The predicted molar refractivity (Wildman–Crippen MR) is 62.5 cm³/mol. The molecule has 0 aromatic carbocycles. The molecule has 16 heavy (non-hydrogen) atoms. The second-order valence-corrected chi connectivity index (χ2v) is 5.28. The minimum absolute atomic E-state index is 0.135. The maximum Gasteiger partial charge on any atom is 0.164 e. The van der Waals surface area contributed by atoms with Gasteiger partial charge < -0.3 is 10.5 Å². The molecule has 1 saturated heterocycles. The first-order chi connectivity index (χ1) is 7.69. The van der Waals surface area contributed by atoms with E-state index in [9.17, 15) is 0 Å². The van der Waals surface area contributed by atoms with Crippen molar-refractivity contribution in [3.63, 3.8) is 0 Å². The third kappa shape index (κ3) is 1.60. The Morgan fingerprint density at radius 1 is 1.56 bits per heavy atom. The molecule has 2 aliphatic rings. The highest BCUT2D eigenvalue weighted by atomic mass is 35.5. The summed E-state index contributed by atoms with van der Waals surface area (Å²) < 4.78 is 7.80. The average Bonchev–Trinajstić information content (AvgIpc) is 2.57. The van der Waals surface area contributed by atoms with Gasteiger partial charge in [0.05, 0.1) is 11.6 Å². The third-order valence-corrected chi connectivity index (χ3v) is 4.11. The highest BCUT2D eigenvalue weighted by Gasteiger charge is 2.43. The van der Waals surface area contributed by atoms with Crippen molar-refractivity contribution in [3.05, 3.63) is 11.2 Å². The zero-order valence-electron chi connectivity index (χ0n) is 9.16. The van der Waals surface area contributed by atoms with Crippen LogP contribution in [-0.2, 0) is 4.74 Å². The highest BCUT2D eigenvalue weighted by molar-refractivity contribution is 6.32. The molecule has 1 atom stereocenters. The topological polar surface area (TPSA) is 53.1 Å². The smallest absolute Gasteiger partial charge is 0.164 e. The first kappa shape index (κ1) is 10.4. The van der Waals surface area contributed by atoms with Crippen LogP contribution in [0.1, 0.15) is 38.1 Å². The summed E-state index contributed by atoms with van der Waals surface area (Å²) in [5.74, 6) is 0.427. The molecular weight excluding hydrogens is 226 g/mol. The quantitative estimate of drug-likeness (QED) is 0.822. The van der Waals surface area contributed by atoms with Gasteiger partial charge in [0, 0.05) is 12.8 Å². The summed E-state index contributed by atoms with van der Waals surface area (Å²) in [6.45, 7) is 0.821. The monoisotopic (exact) mass is 241 g/mol. The van der Waals surface area contributed by atoms with E-state index in [4.69, 9.17) is 22.1 Å². The largest absolute Gasteiger partial charge is 0.381 e. The maximum atomic E-state index is 5.93. The van der Waals surface area contributed by atoms with Gasteiger partial charge in [-0.3, -0.25) is 4.68 Å². The van der Waals surface area contributed by atoms with Gasteiger partial charge in [0.1, 0.15) is 5.02 Å². The van der Waals surface area contributed by atoms with Crippen LogP contribution in [0.4, 0.5) is 5.82 Å². The lowest BCUT2D eigenvalue weighted by Crippen LogP contribution is -2.46. The van der Waals surface area contributed by atoms with Crippen LogP contribution in [0.2, 0.25) is 5.02 Å². The van der Waals surface area contributed by atoms with E-state index in [1.807, 2.05) is 10.9 Å². The van der Waals surface area contributed by atoms with Gasteiger partial charge in [-0.25, -0.2) is 0 Å². The van der Waals surface area contributed by atoms with Crippen molar-refractivity contribution in [3.8, 4) is 0 Å². The van der Waals surface area contributed by atoms with E-state index in [-0.39, 0.29) is 5.60 Å². The summed E-state index contributed by atoms with van der Waals surface area (Å²) in [6, 6.07) is 0.392. The van der Waals surface area contributed by atoms with Gasteiger partial charge >= 0.3 is 0 Å². The molecule has 4 nitrogen and oxygen atoms in total. The van der Waals surface area contributed by atoms with E-state index in [2.05, 4.69) is 5.10 Å². The predicted octanol–water partition coefficient (Wildman–Crippen LogP) is 2.39. The normalized spacial score (nSPS) is 27.9. The van der Waals surface area contributed by atoms with Crippen molar-refractivity contribution >= 4 is 17.4 Å². The van der Waals surface area contributed by atoms with Gasteiger partial charge in [0.15, 0.2) is 5.82 Å². The zero-order chi connectivity index (χ0) is 11.2. The van der Waals surface area contributed by atoms with Crippen molar-refractivity contribution < 1.29 is 4.74 Å². The zero-order valence-corrected chi connectivity index (χ0v) is 9.91. The van der Waals surface area contributed by atoms with E-state index >= 15 is 0 Å². The van der Waals surface area contributed by atoms with Crippen LogP contribution < -0.4 is 5.73 Å². The first-order valence-electron chi connectivity index (χ1n) is 5.83. The molecule has 5 heteroatoms. The lowest BCUT2D eigenvalue weighted by molar-refractivity contribution is -0.141. The standard InChI is InChI=1S/C11H16ClN3O/c12-9-7-15(14-10(9)13)8-2-5-16-11(6-8)3-1-4-11/h7-8H,1-6H2,(H2,13,14). The minimum atomic E-state index is 0.135. The van der Waals surface area contributed by atoms with Crippen LogP contribution in [0.25, 0.3) is 0 Å². The van der Waals surface area contributed by atoms with Crippen molar-refractivity contribution in [2.45, 2.75) is 43.7 Å². The van der Waals surface area contributed by atoms with Crippen LogP contribution >= 0.6 is 11.6 Å². The number of anilines is 1. The van der Waals surface area contributed by atoms with Gasteiger partial charge in [-0.1, -0.05) is 11.6 Å². The Morgan fingerprint density at radius 3 is 2.94 bits per heavy atom. The SMILES string of the molecule is Nc1nn(C2CCOC3(CCC3)C2)cc1Cl. The van der Waals surface area contributed by atoms with Crippen LogP contribution in [0.15, 0.2) is 6.20 Å². The molecule has 1 aliphatic carbocycles. The van der Waals surface area contributed by atoms with Crippen LogP contribution in [0.3, 0.4) is 0 Å². The van der Waals surface area contributed by atoms with E-state index in [1.165, 1.54) is 19.3 Å². The molecule has 0 bridgehead atoms. The summed E-state index contributed by atoms with van der Waals surface area (Å²) in [5, 5.41) is 4.81. The Bertz CT molecular complexity index is 380. The fourth-order valence-electron chi connectivity index (χ4n) is 2.72. The molecule has 1 saturated carbocycles. The number of aromatic nitrogens is 2. The number of rotatable bonds is 1. The summed E-state index contributed by atoms with van der Waals surface area (Å²) in [5.41, 5.74) is 5.80. The molecule has 1 aromatic heterocycles. The van der Waals surface area contributed by atoms with Crippen molar-refractivity contribution in [1.82, 2.24) is 9.78 Å². The lowest BCUT2D eigenvalue weighted by atomic mass is 9.74. The van der Waals surface area contributed by atoms with Crippen LogP contribution in [0.5, 0.6) is 0 Å². The van der Waals surface area contributed by atoms with Gasteiger partial charge in [-0.2, -0.15) is 5.10 Å². The Balaban J connectivity index is 1.79. The molecule has 2 N–H and O–H groups in total. The Morgan fingerprint density at radius 2 is 2.38 bits per heavy atom. The Kier molecular flexibility index (Phi) is 2.37. The molecule has 1 unspecified atom stereocenters. The number of halogens is 1. The molecular formula is C11H16ClN3O. The Hall–Kier alpha value is -0.740. The number of nitrogens with two attached hydrogens (primary N) is 1. The maximum absolute atomic E-state index is 5.93. The van der Waals surface area contributed by atoms with E-state index < -0.39 is 0 Å². The van der Waals surface area contributed by atoms with Crippen LogP contribution in [-0.4, -0.2) is 22.0 Å². The summed E-state index contributed by atoms with van der Waals surface area (Å²) >= 11 is 5.93. The molecule has 0 radical (unpaired) electrons. The highest BCUT2D eigenvalue weighted by Crippen LogP contribution is 2.45. The second-order valence-electron chi connectivity index (χ2n) is 4.87. The second kappa shape index (κ2) is 3.64. The van der Waals surface area contributed by atoms with Crippen molar-refractivity contribution in [1.29, 1.82) is 0 Å². The van der Waals surface area contributed by atoms with Crippen molar-refractivity contribution in [2.75, 3.05) is 12.3 Å². The van der Waals surface area contributed by atoms with Gasteiger partial charge in [0.2, 0.25) is 0 Å². The molecule has 0 amide bonds. The summed E-state index contributed by atoms with van der Waals surface area (Å²) in [7, 11) is 0. The molecule has 88 valence electrons. The number of hydrogen-bond donors (Lipinski definition) is 1. The van der Waals surface area contributed by atoms with E-state index in [0.717, 1.165) is 19.4 Å². The fraction of sp³-hybridized carbons (Fsp3) is 0.727. The Labute approximate surface area is 99.7 Å². The van der Waals surface area contributed by atoms with Gasteiger partial charge in [0.25, 0.3) is 0 Å². The first-order valence-corrected chi connectivity index (χ1v) is 6.20. The van der Waals surface area contributed by atoms with Gasteiger partial charge in [-0.15, -0.1) is 0 Å². The lowest BCUT2D eigenvalue weighted by Gasteiger charge is -2.47. The van der Waals surface area contributed by atoms with E-state index in [1.54, 1.807) is 0 Å². The molecule has 1 aliphatic heterocycles. The summed E-state index contributed by atoms with van der Waals surface area (Å²) in [6.07, 6.45) is 7.54. The molecule has 3 rings (SSSR count). The number of ether oxygens (including phenoxy) is 1. The van der Waals surface area contributed by atoms with Gasteiger partial charge in [-0.05, 0) is 32.1 Å². The van der Waals surface area contributed by atoms with Crippen molar-refractivity contribution in [2.24, 2.45) is 0 Å². The molecule has 1 spiro atoms. The number of nitrogens with zero attached hydrogens (tertiary/aromatic N) is 2. The third-order valence-electron chi connectivity index (χ3n) is 3.82. The number of hydrogen-bond acceptors (Lipinski definition) is 3. The molecule has 2 heterocycles. The van der Waals surface area contributed by atoms with E-state index in [0.29, 0.717) is 16.9 Å². The minimum Gasteiger partial charge on any atom is -0.381 e. The molecule has 2 fully saturated rings. The molecule has 1 aromatic rings. The summed E-state index contributed by atoms with van der Waals surface area (Å²) in [4.78, 5) is 0. The average molecular weight is 242 g/mol. The number of nitrogen functional groups attached to an aromatic ring is 1. The van der Waals surface area contributed by atoms with Crippen LogP contribution in [0, 0.1) is 0 Å².